The second kappa shape index (κ2) is 8.77. The lowest BCUT2D eigenvalue weighted by Crippen LogP contribution is -2.45. The van der Waals surface area contributed by atoms with Gasteiger partial charge in [-0.1, -0.05) is 12.1 Å². The van der Waals surface area contributed by atoms with E-state index in [1.165, 1.54) is 11.8 Å². The monoisotopic (exact) mass is 335 g/mol. The molecule has 1 heterocycles. The van der Waals surface area contributed by atoms with Crippen molar-refractivity contribution >= 4 is 17.5 Å². The lowest BCUT2D eigenvalue weighted by Gasteiger charge is -2.30. The van der Waals surface area contributed by atoms with Crippen molar-refractivity contribution in [3.63, 3.8) is 0 Å². The van der Waals surface area contributed by atoms with Gasteiger partial charge in [0.25, 0.3) is 0 Å². The van der Waals surface area contributed by atoms with E-state index in [-0.39, 0.29) is 18.4 Å². The molecule has 0 aliphatic carbocycles. The number of hydrogen-bond donors (Lipinski definition) is 2. The number of benzene rings is 1. The van der Waals surface area contributed by atoms with Gasteiger partial charge in [0.05, 0.1) is 19.3 Å². The number of aliphatic hydroxyl groups excluding tert-OH is 1. The summed E-state index contributed by atoms with van der Waals surface area (Å²) in [7, 11) is 1.63. The van der Waals surface area contributed by atoms with Gasteiger partial charge < -0.3 is 20.1 Å². The van der Waals surface area contributed by atoms with Crippen LogP contribution < -0.4 is 5.32 Å². The maximum atomic E-state index is 12.2. The molecule has 7 nitrogen and oxygen atoms in total. The Hall–Kier alpha value is -1.96. The van der Waals surface area contributed by atoms with E-state index < -0.39 is 6.10 Å². The zero-order valence-electron chi connectivity index (χ0n) is 14.2. The second-order valence-corrected chi connectivity index (χ2v) is 6.01. The number of β-amino-alcohol motifs (C(OH)–C–C–N with tert-alkyl or cyclic N) is 1. The van der Waals surface area contributed by atoms with Crippen LogP contribution in [0.2, 0.25) is 0 Å². The molecule has 1 aromatic carbocycles. The van der Waals surface area contributed by atoms with Gasteiger partial charge in [0, 0.05) is 44.5 Å². The molecule has 0 spiro atoms. The van der Waals surface area contributed by atoms with Gasteiger partial charge in [0.15, 0.2) is 5.78 Å². The van der Waals surface area contributed by atoms with E-state index in [2.05, 4.69) is 10.2 Å². The number of ether oxygens (including phenoxy) is 1. The highest BCUT2D eigenvalue weighted by molar-refractivity contribution is 5.96. The standard InChI is InChI=1S/C17H25N3O4/c1-13(21)14-4-3-5-15(10-14)18-17(23)19(2)11-16(22)12-20-6-8-24-9-7-20/h3-5,10,16,22H,6-9,11-12H2,1-2H3,(H,18,23). The number of likely N-dealkylation sites (N-methyl/N-ethyl adjacent to an activating group) is 1. The average molecular weight is 335 g/mol. The van der Waals surface area contributed by atoms with Gasteiger partial charge in [-0.05, 0) is 19.1 Å². The van der Waals surface area contributed by atoms with Crippen LogP contribution >= 0.6 is 0 Å². The molecule has 1 aliphatic heterocycles. The van der Waals surface area contributed by atoms with Crippen molar-refractivity contribution < 1.29 is 19.4 Å². The molecule has 1 unspecified atom stereocenters. The minimum absolute atomic E-state index is 0.0552. The molecular weight excluding hydrogens is 310 g/mol. The van der Waals surface area contributed by atoms with E-state index in [0.29, 0.717) is 31.0 Å². The third-order valence-electron chi connectivity index (χ3n) is 3.92. The first kappa shape index (κ1) is 18.4. The molecule has 2 rings (SSSR count). The summed E-state index contributed by atoms with van der Waals surface area (Å²) in [4.78, 5) is 27.1. The number of Topliss-reactive ketones (excluding diaryl/α,β-unsaturated/α-hetero) is 1. The fourth-order valence-corrected chi connectivity index (χ4v) is 2.57. The zero-order chi connectivity index (χ0) is 17.5. The quantitative estimate of drug-likeness (QED) is 0.759. The SMILES string of the molecule is CC(=O)c1cccc(NC(=O)N(C)CC(O)CN2CCOCC2)c1. The molecule has 2 N–H and O–H groups in total. The van der Waals surface area contributed by atoms with Crippen LogP contribution in [-0.4, -0.2) is 79.3 Å². The van der Waals surface area contributed by atoms with Gasteiger partial charge in [-0.3, -0.25) is 9.69 Å². The number of nitrogens with zero attached hydrogens (tertiary/aromatic N) is 2. The molecule has 0 saturated carbocycles. The molecule has 2 amide bonds. The fourth-order valence-electron chi connectivity index (χ4n) is 2.57. The number of amides is 2. The number of aliphatic hydroxyl groups is 1. The number of nitrogens with one attached hydrogen (secondary N) is 1. The number of ketones is 1. The highest BCUT2D eigenvalue weighted by atomic mass is 16.5. The predicted octanol–water partition coefficient (Wildman–Crippen LogP) is 1.05. The number of rotatable bonds is 6. The molecule has 1 aromatic rings. The van der Waals surface area contributed by atoms with E-state index >= 15 is 0 Å². The number of anilines is 1. The van der Waals surface area contributed by atoms with Gasteiger partial charge in [0.2, 0.25) is 0 Å². The molecule has 0 bridgehead atoms. The largest absolute Gasteiger partial charge is 0.390 e. The van der Waals surface area contributed by atoms with Gasteiger partial charge in [-0.25, -0.2) is 4.79 Å². The lowest BCUT2D eigenvalue weighted by molar-refractivity contribution is 0.0109. The van der Waals surface area contributed by atoms with Crippen molar-refractivity contribution in [2.24, 2.45) is 0 Å². The number of carbonyl (C=O) groups is 2. The topological polar surface area (TPSA) is 82.1 Å². The van der Waals surface area contributed by atoms with Crippen LogP contribution in [0.15, 0.2) is 24.3 Å². The molecule has 0 aromatic heterocycles. The normalized spacial score (nSPS) is 16.5. The van der Waals surface area contributed by atoms with E-state index in [0.717, 1.165) is 13.1 Å². The first-order chi connectivity index (χ1) is 11.5. The number of morpholine rings is 1. The van der Waals surface area contributed by atoms with Crippen LogP contribution in [0.5, 0.6) is 0 Å². The number of carbonyl (C=O) groups excluding carboxylic acids is 2. The van der Waals surface area contributed by atoms with Crippen LogP contribution in [0.3, 0.4) is 0 Å². The fraction of sp³-hybridized carbons (Fsp3) is 0.529. The van der Waals surface area contributed by atoms with Gasteiger partial charge in [-0.15, -0.1) is 0 Å². The molecule has 1 aliphatic rings. The Kier molecular flexibility index (Phi) is 6.72. The Balaban J connectivity index is 1.82. The zero-order valence-corrected chi connectivity index (χ0v) is 14.2. The Morgan fingerprint density at radius 1 is 1.38 bits per heavy atom. The summed E-state index contributed by atoms with van der Waals surface area (Å²) in [6.45, 7) is 5.17. The molecular formula is C17H25N3O4. The maximum absolute atomic E-state index is 12.2. The van der Waals surface area contributed by atoms with Crippen molar-refractivity contribution in [1.29, 1.82) is 0 Å². The Morgan fingerprint density at radius 2 is 2.08 bits per heavy atom. The minimum atomic E-state index is -0.623. The summed E-state index contributed by atoms with van der Waals surface area (Å²) in [5, 5.41) is 12.9. The van der Waals surface area contributed by atoms with Gasteiger partial charge >= 0.3 is 6.03 Å². The van der Waals surface area contributed by atoms with Crippen molar-refractivity contribution in [3.05, 3.63) is 29.8 Å². The molecule has 1 fully saturated rings. The third kappa shape index (κ3) is 5.59. The summed E-state index contributed by atoms with van der Waals surface area (Å²) in [6, 6.07) is 6.46. The molecule has 24 heavy (non-hydrogen) atoms. The second-order valence-electron chi connectivity index (χ2n) is 6.01. The van der Waals surface area contributed by atoms with E-state index in [1.807, 2.05) is 0 Å². The maximum Gasteiger partial charge on any atom is 0.321 e. The highest BCUT2D eigenvalue weighted by Crippen LogP contribution is 2.12. The van der Waals surface area contributed by atoms with Crippen molar-refractivity contribution in [3.8, 4) is 0 Å². The predicted molar refractivity (Wildman–Crippen MR) is 91.4 cm³/mol. The lowest BCUT2D eigenvalue weighted by atomic mass is 10.1. The number of hydrogen-bond acceptors (Lipinski definition) is 5. The van der Waals surface area contributed by atoms with Crippen LogP contribution in [0.4, 0.5) is 10.5 Å². The van der Waals surface area contributed by atoms with Crippen LogP contribution in [0.25, 0.3) is 0 Å². The molecule has 7 heteroatoms. The summed E-state index contributed by atoms with van der Waals surface area (Å²) in [6.07, 6.45) is -0.623. The average Bonchev–Trinajstić information content (AvgIpc) is 2.55. The smallest absolute Gasteiger partial charge is 0.321 e. The Bertz CT molecular complexity index is 573. The number of urea groups is 1. The summed E-state index contributed by atoms with van der Waals surface area (Å²) in [5.41, 5.74) is 1.10. The minimum Gasteiger partial charge on any atom is -0.390 e. The first-order valence-corrected chi connectivity index (χ1v) is 8.07. The summed E-state index contributed by atoms with van der Waals surface area (Å²) < 4.78 is 5.27. The van der Waals surface area contributed by atoms with E-state index in [9.17, 15) is 14.7 Å². The van der Waals surface area contributed by atoms with Crippen molar-refractivity contribution in [2.75, 3.05) is 51.8 Å². The summed E-state index contributed by atoms with van der Waals surface area (Å²) in [5.74, 6) is -0.0552. The summed E-state index contributed by atoms with van der Waals surface area (Å²) >= 11 is 0. The van der Waals surface area contributed by atoms with Crippen molar-refractivity contribution in [1.82, 2.24) is 9.80 Å². The Morgan fingerprint density at radius 3 is 2.75 bits per heavy atom. The van der Waals surface area contributed by atoms with Gasteiger partial charge in [0.1, 0.15) is 0 Å². The van der Waals surface area contributed by atoms with Crippen LogP contribution in [0, 0.1) is 0 Å². The van der Waals surface area contributed by atoms with Crippen LogP contribution in [0.1, 0.15) is 17.3 Å². The van der Waals surface area contributed by atoms with Crippen LogP contribution in [-0.2, 0) is 4.74 Å². The Labute approximate surface area is 142 Å². The molecule has 132 valence electrons. The molecule has 1 saturated heterocycles. The first-order valence-electron chi connectivity index (χ1n) is 8.07. The molecule has 0 radical (unpaired) electrons. The van der Waals surface area contributed by atoms with Crippen molar-refractivity contribution in [2.45, 2.75) is 13.0 Å². The van der Waals surface area contributed by atoms with E-state index in [4.69, 9.17) is 4.74 Å². The van der Waals surface area contributed by atoms with E-state index in [1.54, 1.807) is 31.3 Å². The third-order valence-corrected chi connectivity index (χ3v) is 3.92. The molecule has 1 atom stereocenters. The highest BCUT2D eigenvalue weighted by Gasteiger charge is 2.18. The van der Waals surface area contributed by atoms with Gasteiger partial charge in [-0.2, -0.15) is 0 Å².